The van der Waals surface area contributed by atoms with E-state index in [9.17, 15) is 4.79 Å². The summed E-state index contributed by atoms with van der Waals surface area (Å²) in [6, 6.07) is 0. The van der Waals surface area contributed by atoms with Gasteiger partial charge >= 0.3 is 58.4 Å². The molecule has 0 rings (SSSR count). The first-order valence-corrected chi connectivity index (χ1v) is 3.48. The number of hydrogen-bond acceptors (Lipinski definition) is 4. The molecule has 0 fully saturated rings. The third-order valence-electron chi connectivity index (χ3n) is 0.657. The van der Waals surface area contributed by atoms with Gasteiger partial charge in [-0.2, -0.15) is 0 Å². The summed E-state index contributed by atoms with van der Waals surface area (Å²) < 4.78 is 9.22. The number of carboxylic acids is 2. The molecule has 0 saturated heterocycles. The van der Waals surface area contributed by atoms with E-state index in [0.29, 0.717) is 13.2 Å². The third-order valence-corrected chi connectivity index (χ3v) is 0.657. The van der Waals surface area contributed by atoms with Crippen molar-refractivity contribution in [2.24, 2.45) is 0 Å². The van der Waals surface area contributed by atoms with Crippen LogP contribution in [0.2, 0.25) is 0 Å². The van der Waals surface area contributed by atoms with E-state index < -0.39 is 11.9 Å². The van der Waals surface area contributed by atoms with Crippen molar-refractivity contribution < 1.29 is 29.3 Å². The van der Waals surface area contributed by atoms with Crippen molar-refractivity contribution in [2.45, 2.75) is 6.92 Å². The molecule has 0 saturated carbocycles. The molecule has 94 valence electrons. The zero-order chi connectivity index (χ0) is 10.7. The molecule has 0 aliphatic carbocycles. The van der Waals surface area contributed by atoms with Crippen LogP contribution in [0.4, 0.5) is 0 Å². The molecule has 6 nitrogen and oxygen atoms in total. The first-order valence-electron chi connectivity index (χ1n) is 3.48. The molecule has 0 radical (unpaired) electrons. The normalized spacial score (nSPS) is 7.33. The van der Waals surface area contributed by atoms with Gasteiger partial charge in [0.2, 0.25) is 0 Å². The number of methoxy groups -OCH3 is 1. The molecule has 0 bridgehead atoms. The van der Waals surface area contributed by atoms with Crippen molar-refractivity contribution in [3.63, 3.8) is 0 Å². The van der Waals surface area contributed by atoms with Gasteiger partial charge in [0, 0.05) is 14.0 Å². The molecule has 0 amide bonds. The van der Waals surface area contributed by atoms with Crippen LogP contribution in [0, 0.1) is 0 Å². The molecule has 0 aliphatic heterocycles. The van der Waals surface area contributed by atoms with E-state index in [0.717, 1.165) is 6.92 Å². The van der Waals surface area contributed by atoms with Gasteiger partial charge in [-0.15, -0.1) is 0 Å². The molecule has 0 heterocycles. The van der Waals surface area contributed by atoms with Crippen molar-refractivity contribution >= 4 is 64.3 Å². The van der Waals surface area contributed by atoms with E-state index in [1.54, 1.807) is 0 Å². The average molecular weight is 618 g/mol. The summed E-state index contributed by atoms with van der Waals surface area (Å²) in [4.78, 5) is 18.8. The molecule has 0 aromatic heterocycles. The van der Waals surface area contributed by atoms with E-state index in [-0.39, 0.29) is 59.0 Å². The van der Waals surface area contributed by atoms with Crippen molar-refractivity contribution in [3.8, 4) is 0 Å². The number of ether oxygens (including phenoxy) is 2. The van der Waals surface area contributed by atoms with Crippen LogP contribution in [-0.2, 0) is 19.1 Å². The van der Waals surface area contributed by atoms with Crippen LogP contribution in [0.15, 0.2) is 0 Å². The number of aliphatic carboxylic acids is 2. The predicted octanol–water partition coefficient (Wildman–Crippen LogP) is -2.54. The topological polar surface area (TPSA) is 93.1 Å². The van der Waals surface area contributed by atoms with Gasteiger partial charge < -0.3 is 19.7 Å². The van der Waals surface area contributed by atoms with Crippen molar-refractivity contribution in [2.75, 3.05) is 26.9 Å². The predicted molar refractivity (Wildman–Crippen MR) is 63.5 cm³/mol. The second-order valence-electron chi connectivity index (χ2n) is 1.96. The Kier molecular flexibility index (Phi) is 33.1. The Morgan fingerprint density at radius 2 is 1.53 bits per heavy atom. The SMILES string of the molecule is CC(=O)O.COCCOCC(=O)O.[BiH3].[BiH3]. The van der Waals surface area contributed by atoms with Crippen molar-refractivity contribution in [3.05, 3.63) is 0 Å². The number of rotatable bonds is 5. The second kappa shape index (κ2) is 20.1. The van der Waals surface area contributed by atoms with Crippen LogP contribution in [0.3, 0.4) is 0 Å². The van der Waals surface area contributed by atoms with Gasteiger partial charge in [0.05, 0.1) is 13.2 Å². The van der Waals surface area contributed by atoms with Gasteiger partial charge in [0.15, 0.2) is 0 Å². The van der Waals surface area contributed by atoms with Gasteiger partial charge in [-0.1, -0.05) is 0 Å². The molecule has 0 aromatic carbocycles. The fourth-order valence-corrected chi connectivity index (χ4v) is 0.302. The summed E-state index contributed by atoms with van der Waals surface area (Å²) in [5, 5.41) is 15.5. The van der Waals surface area contributed by atoms with Gasteiger partial charge in [-0.05, 0) is 0 Å². The standard InChI is InChI=1S/C5H10O4.C2H4O2.2Bi.6H/c1-8-2-3-9-4-5(6)7;1-2(3)4;;;;;;;;/h2-4H2,1H3,(H,6,7);1H3,(H,3,4);;;;;;;;. The Balaban J connectivity index is -0.0000000883. The molecule has 2 N–H and O–H groups in total. The minimum absolute atomic E-state index is 0. The first-order chi connectivity index (χ1) is 6.00. The summed E-state index contributed by atoms with van der Waals surface area (Å²) in [6.45, 7) is 1.61. The third kappa shape index (κ3) is 53.1. The van der Waals surface area contributed by atoms with E-state index >= 15 is 0 Å². The maximum atomic E-state index is 9.80. The van der Waals surface area contributed by atoms with E-state index in [2.05, 4.69) is 9.47 Å². The molecule has 15 heavy (non-hydrogen) atoms. The molecular weight excluding hydrogens is 598 g/mol. The van der Waals surface area contributed by atoms with Gasteiger partial charge in [-0.3, -0.25) is 4.79 Å². The summed E-state index contributed by atoms with van der Waals surface area (Å²) in [7, 11) is 1.53. The molecule has 0 aliphatic rings. The quantitative estimate of drug-likeness (QED) is 0.261. The molecule has 0 aromatic rings. The number of carbonyl (C=O) groups is 2. The minimum atomic E-state index is -0.953. The summed E-state index contributed by atoms with van der Waals surface area (Å²) in [5.41, 5.74) is 0. The van der Waals surface area contributed by atoms with Gasteiger partial charge in [0.25, 0.3) is 5.97 Å². The van der Waals surface area contributed by atoms with E-state index in [1.807, 2.05) is 0 Å². The van der Waals surface area contributed by atoms with E-state index in [4.69, 9.17) is 15.0 Å². The van der Waals surface area contributed by atoms with Crippen LogP contribution in [0.1, 0.15) is 6.92 Å². The second-order valence-corrected chi connectivity index (χ2v) is 1.96. The van der Waals surface area contributed by atoms with Crippen LogP contribution in [0.5, 0.6) is 0 Å². The fraction of sp³-hybridized carbons (Fsp3) is 0.714. The Morgan fingerprint density at radius 3 is 1.80 bits per heavy atom. The Morgan fingerprint density at radius 1 is 1.13 bits per heavy atom. The zero-order valence-electron chi connectivity index (χ0n) is 9.06. The molecule has 0 unspecified atom stereocenters. The summed E-state index contributed by atoms with van der Waals surface area (Å²) in [5.74, 6) is -1.79. The Hall–Kier alpha value is 0.626. The molecule has 8 heteroatoms. The van der Waals surface area contributed by atoms with Gasteiger partial charge in [0.1, 0.15) is 6.61 Å². The average Bonchev–Trinajstić information content (AvgIpc) is 1.97. The molecular formula is C7H20Bi2O6. The molecule has 0 atom stereocenters. The first kappa shape index (κ1) is 24.7. The summed E-state index contributed by atoms with van der Waals surface area (Å²) >= 11 is 0. The fourth-order valence-electron chi connectivity index (χ4n) is 0.302. The Labute approximate surface area is 127 Å². The van der Waals surface area contributed by atoms with E-state index in [1.165, 1.54) is 7.11 Å². The van der Waals surface area contributed by atoms with Crippen molar-refractivity contribution in [1.82, 2.24) is 0 Å². The summed E-state index contributed by atoms with van der Waals surface area (Å²) in [6.07, 6.45) is 0. The zero-order valence-corrected chi connectivity index (χ0v) is 20.1. The van der Waals surface area contributed by atoms with Crippen LogP contribution in [-0.4, -0.2) is 101 Å². The molecule has 0 spiro atoms. The van der Waals surface area contributed by atoms with Crippen LogP contribution >= 0.6 is 0 Å². The van der Waals surface area contributed by atoms with Crippen molar-refractivity contribution in [1.29, 1.82) is 0 Å². The van der Waals surface area contributed by atoms with Crippen LogP contribution in [0.25, 0.3) is 0 Å². The number of hydrogen-bond donors (Lipinski definition) is 2. The monoisotopic (exact) mass is 618 g/mol. The number of carboxylic acid groups (broad SMARTS) is 2. The maximum absolute atomic E-state index is 9.80. The Bertz CT molecular complexity index is 148. The van der Waals surface area contributed by atoms with Gasteiger partial charge in [-0.25, -0.2) is 4.79 Å². The van der Waals surface area contributed by atoms with Crippen LogP contribution < -0.4 is 0 Å².